The van der Waals surface area contributed by atoms with Crippen LogP contribution in [0.15, 0.2) is 29.3 Å². The lowest BCUT2D eigenvalue weighted by atomic mass is 10.1. The molecule has 114 valence electrons. The molecular weight excluding hydrogens is 283 g/mol. The zero-order chi connectivity index (χ0) is 15.0. The Labute approximate surface area is 120 Å². The summed E-state index contributed by atoms with van der Waals surface area (Å²) >= 11 is 0. The molecule has 0 amide bonds. The van der Waals surface area contributed by atoms with Gasteiger partial charge in [0.1, 0.15) is 5.75 Å². The zero-order valence-electron chi connectivity index (χ0n) is 11.3. The van der Waals surface area contributed by atoms with Gasteiger partial charge in [0.05, 0.1) is 12.6 Å². The quantitative estimate of drug-likeness (QED) is 0.930. The van der Waals surface area contributed by atoms with Crippen molar-refractivity contribution in [2.24, 2.45) is 16.6 Å². The summed E-state index contributed by atoms with van der Waals surface area (Å²) in [5.74, 6) is 0.875. The molecule has 21 heavy (non-hydrogen) atoms. The molecule has 1 atom stereocenters. The molecule has 1 fully saturated rings. The van der Waals surface area contributed by atoms with Gasteiger partial charge in [-0.05, 0) is 36.5 Å². The van der Waals surface area contributed by atoms with Crippen LogP contribution in [-0.4, -0.2) is 30.3 Å². The number of ether oxygens (including phenoxy) is 1. The van der Waals surface area contributed by atoms with Crippen LogP contribution in [-0.2, 0) is 0 Å². The van der Waals surface area contributed by atoms with E-state index in [2.05, 4.69) is 9.73 Å². The summed E-state index contributed by atoms with van der Waals surface area (Å²) in [7, 11) is 0. The van der Waals surface area contributed by atoms with E-state index in [-0.39, 0.29) is 11.8 Å². The van der Waals surface area contributed by atoms with Crippen LogP contribution in [0.5, 0.6) is 5.75 Å². The SMILES string of the molecule is NC1=NCC(c2cccc(OC(F)(F)F)c2)N1CC1CC1. The smallest absolute Gasteiger partial charge is 0.406 e. The van der Waals surface area contributed by atoms with Gasteiger partial charge in [0.15, 0.2) is 5.96 Å². The van der Waals surface area contributed by atoms with Crippen molar-refractivity contribution in [1.29, 1.82) is 0 Å². The van der Waals surface area contributed by atoms with Gasteiger partial charge in [-0.2, -0.15) is 0 Å². The van der Waals surface area contributed by atoms with Gasteiger partial charge < -0.3 is 15.4 Å². The Balaban J connectivity index is 1.77. The Morgan fingerprint density at radius 1 is 1.33 bits per heavy atom. The highest BCUT2D eigenvalue weighted by molar-refractivity contribution is 5.80. The van der Waals surface area contributed by atoms with Crippen molar-refractivity contribution in [2.75, 3.05) is 13.1 Å². The van der Waals surface area contributed by atoms with Gasteiger partial charge in [0, 0.05) is 6.54 Å². The average molecular weight is 299 g/mol. The van der Waals surface area contributed by atoms with Crippen LogP contribution in [0.3, 0.4) is 0 Å². The van der Waals surface area contributed by atoms with Crippen molar-refractivity contribution < 1.29 is 17.9 Å². The summed E-state index contributed by atoms with van der Waals surface area (Å²) in [6, 6.07) is 5.93. The third kappa shape index (κ3) is 3.40. The van der Waals surface area contributed by atoms with E-state index in [9.17, 15) is 13.2 Å². The van der Waals surface area contributed by atoms with E-state index in [1.54, 1.807) is 12.1 Å². The van der Waals surface area contributed by atoms with Gasteiger partial charge >= 0.3 is 6.36 Å². The molecule has 1 unspecified atom stereocenters. The molecule has 1 saturated carbocycles. The first-order chi connectivity index (χ1) is 9.92. The van der Waals surface area contributed by atoms with Gasteiger partial charge in [0.25, 0.3) is 0 Å². The highest BCUT2D eigenvalue weighted by Crippen LogP contribution is 2.35. The molecule has 0 radical (unpaired) electrons. The van der Waals surface area contributed by atoms with E-state index in [0.29, 0.717) is 18.4 Å². The number of nitrogens with two attached hydrogens (primary N) is 1. The summed E-state index contributed by atoms with van der Waals surface area (Å²) in [5, 5.41) is 0. The number of aliphatic imine (C=N–C) groups is 1. The minimum atomic E-state index is -4.68. The molecule has 3 rings (SSSR count). The molecule has 1 aromatic carbocycles. The number of hydrogen-bond acceptors (Lipinski definition) is 4. The van der Waals surface area contributed by atoms with Crippen LogP contribution in [0, 0.1) is 5.92 Å². The fourth-order valence-corrected chi connectivity index (χ4v) is 2.53. The first-order valence-electron chi connectivity index (χ1n) is 6.84. The summed E-state index contributed by atoms with van der Waals surface area (Å²) in [6.07, 6.45) is -2.33. The van der Waals surface area contributed by atoms with Gasteiger partial charge in [-0.1, -0.05) is 12.1 Å². The molecule has 7 heteroatoms. The van der Waals surface area contributed by atoms with Gasteiger partial charge in [-0.3, -0.25) is 4.99 Å². The van der Waals surface area contributed by atoms with Gasteiger partial charge in [-0.15, -0.1) is 13.2 Å². The second-order valence-electron chi connectivity index (χ2n) is 5.43. The predicted molar refractivity (Wildman–Crippen MR) is 71.8 cm³/mol. The maximum absolute atomic E-state index is 12.3. The average Bonchev–Trinajstić information content (AvgIpc) is 3.13. The van der Waals surface area contributed by atoms with E-state index in [0.717, 1.165) is 12.1 Å². The molecule has 1 aliphatic heterocycles. The van der Waals surface area contributed by atoms with E-state index in [1.165, 1.54) is 25.0 Å². The molecule has 0 bridgehead atoms. The monoisotopic (exact) mass is 299 g/mol. The van der Waals surface area contributed by atoms with Crippen molar-refractivity contribution in [3.63, 3.8) is 0 Å². The maximum atomic E-state index is 12.3. The normalized spacial score (nSPS) is 22.3. The Hall–Kier alpha value is -1.92. The van der Waals surface area contributed by atoms with E-state index in [4.69, 9.17) is 5.73 Å². The first-order valence-corrected chi connectivity index (χ1v) is 6.84. The van der Waals surface area contributed by atoms with Crippen LogP contribution in [0.1, 0.15) is 24.4 Å². The number of rotatable bonds is 4. The van der Waals surface area contributed by atoms with Crippen molar-refractivity contribution in [1.82, 2.24) is 4.90 Å². The lowest BCUT2D eigenvalue weighted by Crippen LogP contribution is -2.37. The summed E-state index contributed by atoms with van der Waals surface area (Å²) in [4.78, 5) is 6.19. The molecule has 4 nitrogen and oxygen atoms in total. The number of halogens is 3. The minimum Gasteiger partial charge on any atom is -0.406 e. The molecule has 1 heterocycles. The largest absolute Gasteiger partial charge is 0.573 e. The summed E-state index contributed by atoms with van der Waals surface area (Å²) in [6.45, 7) is 1.28. The zero-order valence-corrected chi connectivity index (χ0v) is 11.3. The van der Waals surface area contributed by atoms with Crippen molar-refractivity contribution in [2.45, 2.75) is 25.2 Å². The Bertz CT molecular complexity index is 555. The fourth-order valence-electron chi connectivity index (χ4n) is 2.53. The number of nitrogens with zero attached hydrogens (tertiary/aromatic N) is 2. The molecule has 0 spiro atoms. The number of alkyl halides is 3. The van der Waals surface area contributed by atoms with E-state index >= 15 is 0 Å². The standard InChI is InChI=1S/C14H16F3N3O/c15-14(16,17)21-11-3-1-2-10(6-11)12-7-19-13(18)20(12)8-9-4-5-9/h1-3,6,9,12H,4-5,7-8H2,(H2,18,19). The second kappa shape index (κ2) is 5.13. The third-order valence-electron chi connectivity index (χ3n) is 3.72. The third-order valence-corrected chi connectivity index (χ3v) is 3.72. The Morgan fingerprint density at radius 2 is 2.10 bits per heavy atom. The fraction of sp³-hybridized carbons (Fsp3) is 0.500. The minimum absolute atomic E-state index is 0.109. The van der Waals surface area contributed by atoms with E-state index < -0.39 is 6.36 Å². The summed E-state index contributed by atoms with van der Waals surface area (Å²) < 4.78 is 40.9. The van der Waals surface area contributed by atoms with Gasteiger partial charge in [-0.25, -0.2) is 0 Å². The molecule has 1 aliphatic carbocycles. The van der Waals surface area contributed by atoms with Crippen LogP contribution in [0.4, 0.5) is 13.2 Å². The van der Waals surface area contributed by atoms with E-state index in [1.807, 2.05) is 4.90 Å². The highest BCUT2D eigenvalue weighted by atomic mass is 19.4. The molecule has 2 aliphatic rings. The predicted octanol–water partition coefficient (Wildman–Crippen LogP) is 2.67. The first kappa shape index (κ1) is 14.0. The van der Waals surface area contributed by atoms with Crippen LogP contribution < -0.4 is 10.5 Å². The van der Waals surface area contributed by atoms with Crippen molar-refractivity contribution >= 4 is 5.96 Å². The summed E-state index contributed by atoms with van der Waals surface area (Å²) in [5.41, 5.74) is 6.62. The topological polar surface area (TPSA) is 50.9 Å². The molecule has 1 aromatic rings. The highest BCUT2D eigenvalue weighted by Gasteiger charge is 2.34. The Morgan fingerprint density at radius 3 is 2.76 bits per heavy atom. The number of hydrogen-bond donors (Lipinski definition) is 1. The lowest BCUT2D eigenvalue weighted by molar-refractivity contribution is -0.274. The van der Waals surface area contributed by atoms with Crippen LogP contribution >= 0.6 is 0 Å². The number of guanidine groups is 1. The maximum Gasteiger partial charge on any atom is 0.573 e. The number of benzene rings is 1. The van der Waals surface area contributed by atoms with Crippen LogP contribution in [0.25, 0.3) is 0 Å². The Kier molecular flexibility index (Phi) is 3.43. The molecular formula is C14H16F3N3O. The van der Waals surface area contributed by atoms with Crippen molar-refractivity contribution in [3.05, 3.63) is 29.8 Å². The van der Waals surface area contributed by atoms with Gasteiger partial charge in [0.2, 0.25) is 0 Å². The van der Waals surface area contributed by atoms with Crippen LogP contribution in [0.2, 0.25) is 0 Å². The lowest BCUT2D eigenvalue weighted by Gasteiger charge is -2.26. The molecule has 0 saturated heterocycles. The van der Waals surface area contributed by atoms with Crippen molar-refractivity contribution in [3.8, 4) is 5.75 Å². The molecule has 2 N–H and O–H groups in total. The second-order valence-corrected chi connectivity index (χ2v) is 5.43. The molecule has 0 aromatic heterocycles.